The minimum absolute atomic E-state index is 0.266. The average Bonchev–Trinajstić information content (AvgIpc) is 2.68. The molecule has 0 bridgehead atoms. The van der Waals surface area contributed by atoms with Gasteiger partial charge in [0.1, 0.15) is 5.82 Å². The van der Waals surface area contributed by atoms with Gasteiger partial charge in [0.15, 0.2) is 0 Å². The summed E-state index contributed by atoms with van der Waals surface area (Å²) >= 11 is 0. The summed E-state index contributed by atoms with van der Waals surface area (Å²) < 4.78 is 18.1. The van der Waals surface area contributed by atoms with E-state index in [-0.39, 0.29) is 16.9 Å². The van der Waals surface area contributed by atoms with E-state index in [1.165, 1.54) is 25.3 Å². The first-order valence-corrected chi connectivity index (χ1v) is 8.93. The molecule has 0 fully saturated rings. The number of halogens is 1. The van der Waals surface area contributed by atoms with E-state index < -0.39 is 11.9 Å². The Kier molecular flexibility index (Phi) is 7.12. The monoisotopic (exact) mass is 387 g/mol. The average molecular weight is 387 g/mol. The van der Waals surface area contributed by atoms with E-state index >= 15 is 0 Å². The summed E-state index contributed by atoms with van der Waals surface area (Å²) in [7, 11) is 1.29. The molecule has 0 saturated carbocycles. The third kappa shape index (κ3) is 6.06. The number of rotatable bonds is 7. The van der Waals surface area contributed by atoms with E-state index in [2.05, 4.69) is 10.1 Å². The van der Waals surface area contributed by atoms with Crippen LogP contribution in [0.5, 0.6) is 0 Å². The molecule has 150 valence electrons. The lowest BCUT2D eigenvalue weighted by molar-refractivity contribution is 0.0673. The summed E-state index contributed by atoms with van der Waals surface area (Å²) in [6.07, 6.45) is -0.555. The molecule has 6 nitrogen and oxygen atoms in total. The molecule has 0 aliphatic carbocycles. The SMILES string of the molecule is COC(=O)Nc1ccc(CN(CC(C)(C)CN)C(=O)c2cccc(F)c2)cc1. The van der Waals surface area contributed by atoms with Gasteiger partial charge in [-0.3, -0.25) is 10.1 Å². The molecule has 0 aliphatic heterocycles. The Labute approximate surface area is 164 Å². The number of ether oxygens (including phenoxy) is 1. The van der Waals surface area contributed by atoms with Crippen LogP contribution in [0, 0.1) is 11.2 Å². The van der Waals surface area contributed by atoms with E-state index in [1.54, 1.807) is 23.1 Å². The molecule has 0 radical (unpaired) electrons. The van der Waals surface area contributed by atoms with Crippen LogP contribution >= 0.6 is 0 Å². The molecular formula is C21H26FN3O3. The highest BCUT2D eigenvalue weighted by Gasteiger charge is 2.25. The summed E-state index contributed by atoms with van der Waals surface area (Å²) in [4.78, 5) is 25.9. The lowest BCUT2D eigenvalue weighted by atomic mass is 9.92. The van der Waals surface area contributed by atoms with Gasteiger partial charge in [-0.15, -0.1) is 0 Å². The minimum atomic E-state index is -0.555. The minimum Gasteiger partial charge on any atom is -0.453 e. The van der Waals surface area contributed by atoms with Crippen LogP contribution in [-0.4, -0.2) is 37.1 Å². The molecular weight excluding hydrogens is 361 g/mol. The summed E-state index contributed by atoms with van der Waals surface area (Å²) in [6.45, 7) is 5.10. The highest BCUT2D eigenvalue weighted by molar-refractivity contribution is 5.94. The molecule has 2 aromatic rings. The summed E-state index contributed by atoms with van der Waals surface area (Å²) in [5.41, 5.74) is 7.29. The van der Waals surface area contributed by atoms with Crippen molar-refractivity contribution in [3.05, 3.63) is 65.5 Å². The van der Waals surface area contributed by atoms with Crippen molar-refractivity contribution in [1.29, 1.82) is 0 Å². The summed E-state index contributed by atoms with van der Waals surface area (Å²) in [6, 6.07) is 12.7. The van der Waals surface area contributed by atoms with Gasteiger partial charge in [0, 0.05) is 24.3 Å². The van der Waals surface area contributed by atoms with Gasteiger partial charge in [-0.05, 0) is 47.9 Å². The van der Waals surface area contributed by atoms with Gasteiger partial charge in [0.2, 0.25) is 0 Å². The van der Waals surface area contributed by atoms with E-state index in [9.17, 15) is 14.0 Å². The highest BCUT2D eigenvalue weighted by Crippen LogP contribution is 2.20. The smallest absolute Gasteiger partial charge is 0.411 e. The van der Waals surface area contributed by atoms with Crippen LogP contribution < -0.4 is 11.1 Å². The van der Waals surface area contributed by atoms with Crippen molar-refractivity contribution in [3.8, 4) is 0 Å². The zero-order chi connectivity index (χ0) is 20.7. The molecule has 3 N–H and O–H groups in total. The maximum atomic E-state index is 13.6. The van der Waals surface area contributed by atoms with Crippen molar-refractivity contribution in [2.24, 2.45) is 11.1 Å². The molecule has 0 heterocycles. The number of anilines is 1. The molecule has 2 rings (SSSR count). The van der Waals surface area contributed by atoms with E-state index in [4.69, 9.17) is 5.73 Å². The first kappa shape index (κ1) is 21.4. The fraction of sp³-hybridized carbons (Fsp3) is 0.333. The Morgan fingerprint density at radius 3 is 2.43 bits per heavy atom. The quantitative estimate of drug-likeness (QED) is 0.760. The van der Waals surface area contributed by atoms with E-state index in [1.807, 2.05) is 26.0 Å². The first-order chi connectivity index (χ1) is 13.2. The van der Waals surface area contributed by atoms with Crippen LogP contribution in [0.3, 0.4) is 0 Å². The molecule has 2 amide bonds. The number of carbonyl (C=O) groups is 2. The van der Waals surface area contributed by atoms with E-state index in [0.717, 1.165) is 5.56 Å². The van der Waals surface area contributed by atoms with Crippen LogP contribution in [0.25, 0.3) is 0 Å². The lowest BCUT2D eigenvalue weighted by Gasteiger charge is -2.32. The first-order valence-electron chi connectivity index (χ1n) is 8.93. The molecule has 0 atom stereocenters. The number of hydrogen-bond acceptors (Lipinski definition) is 4. The van der Waals surface area contributed by atoms with Crippen molar-refractivity contribution in [3.63, 3.8) is 0 Å². The zero-order valence-corrected chi connectivity index (χ0v) is 16.4. The number of carbonyl (C=O) groups excluding carboxylic acids is 2. The zero-order valence-electron chi connectivity index (χ0n) is 16.4. The standard InChI is InChI=1S/C21H26FN3O3/c1-21(2,13-23)14-25(19(26)16-5-4-6-17(22)11-16)12-15-7-9-18(10-8-15)24-20(27)28-3/h4-11H,12-14,23H2,1-3H3,(H,24,27). The van der Waals surface area contributed by atoms with Gasteiger partial charge in [-0.2, -0.15) is 0 Å². The largest absolute Gasteiger partial charge is 0.453 e. The van der Waals surface area contributed by atoms with Crippen LogP contribution in [0.2, 0.25) is 0 Å². The molecule has 28 heavy (non-hydrogen) atoms. The predicted octanol–water partition coefficient (Wildman–Crippen LogP) is 3.63. The fourth-order valence-electron chi connectivity index (χ4n) is 2.67. The molecule has 0 aromatic heterocycles. The molecule has 0 spiro atoms. The number of nitrogens with zero attached hydrogens (tertiary/aromatic N) is 1. The Morgan fingerprint density at radius 2 is 1.86 bits per heavy atom. The molecule has 0 aliphatic rings. The van der Waals surface area contributed by atoms with Crippen molar-refractivity contribution in [2.75, 3.05) is 25.5 Å². The van der Waals surface area contributed by atoms with Crippen LogP contribution in [-0.2, 0) is 11.3 Å². The van der Waals surface area contributed by atoms with Gasteiger partial charge in [0.25, 0.3) is 5.91 Å². The Morgan fingerprint density at radius 1 is 1.18 bits per heavy atom. The maximum Gasteiger partial charge on any atom is 0.411 e. The topological polar surface area (TPSA) is 84.7 Å². The van der Waals surface area contributed by atoms with Crippen LogP contribution in [0.4, 0.5) is 14.9 Å². The summed E-state index contributed by atoms with van der Waals surface area (Å²) in [5, 5.41) is 2.57. The predicted molar refractivity (Wildman–Crippen MR) is 106 cm³/mol. The van der Waals surface area contributed by atoms with Crippen molar-refractivity contribution in [2.45, 2.75) is 20.4 Å². The Bertz CT molecular complexity index is 822. The highest BCUT2D eigenvalue weighted by atomic mass is 19.1. The Hall–Kier alpha value is -2.93. The Balaban J connectivity index is 2.22. The van der Waals surface area contributed by atoms with Crippen LogP contribution in [0.1, 0.15) is 29.8 Å². The normalized spacial score (nSPS) is 11.0. The van der Waals surface area contributed by atoms with Gasteiger partial charge >= 0.3 is 6.09 Å². The molecule has 7 heteroatoms. The third-order valence-corrected chi connectivity index (χ3v) is 4.29. The third-order valence-electron chi connectivity index (χ3n) is 4.29. The number of benzene rings is 2. The maximum absolute atomic E-state index is 13.6. The number of nitrogens with two attached hydrogens (primary N) is 1. The fourth-order valence-corrected chi connectivity index (χ4v) is 2.67. The number of methoxy groups -OCH3 is 1. The second-order valence-corrected chi connectivity index (χ2v) is 7.35. The second kappa shape index (κ2) is 9.32. The number of amides is 2. The molecule has 2 aromatic carbocycles. The van der Waals surface area contributed by atoms with Crippen LogP contribution in [0.15, 0.2) is 48.5 Å². The molecule has 0 saturated heterocycles. The second-order valence-electron chi connectivity index (χ2n) is 7.35. The van der Waals surface area contributed by atoms with Gasteiger partial charge in [-0.1, -0.05) is 32.0 Å². The molecule has 0 unspecified atom stereocenters. The van der Waals surface area contributed by atoms with Gasteiger partial charge in [0.05, 0.1) is 7.11 Å². The summed E-state index contributed by atoms with van der Waals surface area (Å²) in [5.74, 6) is -0.722. The van der Waals surface area contributed by atoms with Gasteiger partial charge < -0.3 is 15.4 Å². The number of hydrogen-bond donors (Lipinski definition) is 2. The van der Waals surface area contributed by atoms with Crippen molar-refractivity contribution >= 4 is 17.7 Å². The lowest BCUT2D eigenvalue weighted by Crippen LogP contribution is -2.41. The van der Waals surface area contributed by atoms with Crippen molar-refractivity contribution < 1.29 is 18.7 Å². The van der Waals surface area contributed by atoms with Gasteiger partial charge in [-0.25, -0.2) is 9.18 Å². The van der Waals surface area contributed by atoms with Crippen molar-refractivity contribution in [1.82, 2.24) is 4.90 Å². The number of nitrogens with one attached hydrogen (secondary N) is 1. The van der Waals surface area contributed by atoms with E-state index in [0.29, 0.717) is 25.3 Å².